The second kappa shape index (κ2) is 5.09. The van der Waals surface area contributed by atoms with Crippen molar-refractivity contribution in [3.8, 4) is 0 Å². The first-order valence-electron chi connectivity index (χ1n) is 7.00. The van der Waals surface area contributed by atoms with E-state index in [0.29, 0.717) is 17.1 Å². The van der Waals surface area contributed by atoms with Gasteiger partial charge in [0.05, 0.1) is 17.4 Å². The third-order valence-electron chi connectivity index (χ3n) is 3.90. The van der Waals surface area contributed by atoms with Crippen LogP contribution in [0.5, 0.6) is 0 Å². The van der Waals surface area contributed by atoms with Crippen LogP contribution in [0.4, 0.5) is 17.2 Å². The van der Waals surface area contributed by atoms with Gasteiger partial charge in [-0.15, -0.1) is 0 Å². The lowest BCUT2D eigenvalue weighted by atomic mass is 9.96. The van der Waals surface area contributed by atoms with Crippen LogP contribution >= 0.6 is 0 Å². The topological polar surface area (TPSA) is 85.2 Å². The Hall–Kier alpha value is -2.56. The fourth-order valence-corrected chi connectivity index (χ4v) is 2.86. The van der Waals surface area contributed by atoms with Gasteiger partial charge in [0, 0.05) is 11.7 Å². The molecule has 21 heavy (non-hydrogen) atoms. The molecular weight excluding hydrogens is 264 g/mol. The number of nitrogen functional groups attached to an aromatic ring is 1. The van der Waals surface area contributed by atoms with Gasteiger partial charge in [-0.1, -0.05) is 18.2 Å². The number of aromatic nitrogens is 1. The fraction of sp³-hybridized carbons (Fsp3) is 0.250. The number of benzene rings is 1. The number of para-hydroxylation sites is 1. The maximum Gasteiger partial charge on any atom is 0.252 e. The number of aryl methyl sites for hydroxylation is 1. The van der Waals surface area contributed by atoms with Gasteiger partial charge in [0.2, 0.25) is 0 Å². The summed E-state index contributed by atoms with van der Waals surface area (Å²) in [4.78, 5) is 18.2. The summed E-state index contributed by atoms with van der Waals surface area (Å²) in [5.41, 5.74) is 14.4. The Morgan fingerprint density at radius 3 is 2.90 bits per heavy atom. The highest BCUT2D eigenvalue weighted by molar-refractivity contribution is 5.99. The Balaban J connectivity index is 2.18. The zero-order valence-electron chi connectivity index (χ0n) is 11.9. The highest BCUT2D eigenvalue weighted by atomic mass is 16.1. The van der Waals surface area contributed by atoms with E-state index in [-0.39, 0.29) is 6.04 Å². The van der Waals surface area contributed by atoms with Crippen molar-refractivity contribution in [2.75, 3.05) is 10.6 Å². The maximum atomic E-state index is 11.7. The zero-order valence-corrected chi connectivity index (χ0v) is 11.9. The Kier molecular flexibility index (Phi) is 3.25. The molecule has 108 valence electrons. The molecule has 1 aromatic carbocycles. The number of nitrogens with zero attached hydrogens (tertiary/aromatic N) is 2. The maximum absolute atomic E-state index is 11.7. The van der Waals surface area contributed by atoms with Crippen LogP contribution in [0.3, 0.4) is 0 Å². The molecular formula is C16H18N4O. The van der Waals surface area contributed by atoms with E-state index in [1.807, 2.05) is 18.2 Å². The smallest absolute Gasteiger partial charge is 0.252 e. The number of anilines is 3. The Labute approximate surface area is 123 Å². The molecule has 1 aliphatic heterocycles. The number of hydrogen-bond acceptors (Lipinski definition) is 4. The van der Waals surface area contributed by atoms with E-state index in [9.17, 15) is 4.79 Å². The van der Waals surface area contributed by atoms with Gasteiger partial charge in [0.25, 0.3) is 5.91 Å². The number of fused-ring (bicyclic) bond motifs is 1. The monoisotopic (exact) mass is 282 g/mol. The van der Waals surface area contributed by atoms with Crippen molar-refractivity contribution in [1.29, 1.82) is 0 Å². The normalized spacial score (nSPS) is 17.4. The van der Waals surface area contributed by atoms with Crippen molar-refractivity contribution in [3.05, 3.63) is 47.7 Å². The summed E-state index contributed by atoms with van der Waals surface area (Å²) in [5.74, 6) is 0.0661. The zero-order chi connectivity index (χ0) is 15.0. The molecule has 0 fully saturated rings. The molecule has 1 aliphatic rings. The summed E-state index contributed by atoms with van der Waals surface area (Å²) in [6, 6.07) is 10.0. The minimum absolute atomic E-state index is 0.245. The summed E-state index contributed by atoms with van der Waals surface area (Å²) in [6.07, 6.45) is 3.59. The van der Waals surface area contributed by atoms with Crippen molar-refractivity contribution in [2.24, 2.45) is 5.73 Å². The lowest BCUT2D eigenvalue weighted by molar-refractivity contribution is 0.100. The Bertz CT molecular complexity index is 698. The van der Waals surface area contributed by atoms with Gasteiger partial charge in [-0.2, -0.15) is 0 Å². The molecule has 2 heterocycles. The molecule has 0 spiro atoms. The minimum Gasteiger partial charge on any atom is -0.397 e. The summed E-state index contributed by atoms with van der Waals surface area (Å²) >= 11 is 0. The van der Waals surface area contributed by atoms with Crippen LogP contribution in [-0.4, -0.2) is 16.9 Å². The van der Waals surface area contributed by atoms with Gasteiger partial charge in [-0.25, -0.2) is 4.98 Å². The Morgan fingerprint density at radius 1 is 1.38 bits per heavy atom. The molecule has 5 nitrogen and oxygen atoms in total. The van der Waals surface area contributed by atoms with Gasteiger partial charge < -0.3 is 16.4 Å². The van der Waals surface area contributed by atoms with Gasteiger partial charge in [0.1, 0.15) is 5.82 Å². The number of hydrogen-bond donors (Lipinski definition) is 2. The number of amides is 1. The van der Waals surface area contributed by atoms with Gasteiger partial charge in [-0.05, 0) is 37.5 Å². The fourth-order valence-electron chi connectivity index (χ4n) is 2.86. The number of carbonyl (C=O) groups is 1. The number of primary amides is 1. The van der Waals surface area contributed by atoms with Gasteiger partial charge in [0.15, 0.2) is 0 Å². The molecule has 1 unspecified atom stereocenters. The number of rotatable bonds is 2. The first-order chi connectivity index (χ1) is 10.1. The van der Waals surface area contributed by atoms with Gasteiger partial charge in [-0.3, -0.25) is 4.79 Å². The summed E-state index contributed by atoms with van der Waals surface area (Å²) in [5, 5.41) is 0. The minimum atomic E-state index is -0.514. The van der Waals surface area contributed by atoms with E-state index in [2.05, 4.69) is 22.9 Å². The third-order valence-corrected chi connectivity index (χ3v) is 3.90. The molecule has 0 saturated heterocycles. The predicted octanol–water partition coefficient (Wildman–Crippen LogP) is 2.24. The molecule has 4 N–H and O–H groups in total. The first kappa shape index (κ1) is 13.4. The average molecular weight is 282 g/mol. The summed E-state index contributed by atoms with van der Waals surface area (Å²) < 4.78 is 0. The van der Waals surface area contributed by atoms with Crippen molar-refractivity contribution < 1.29 is 4.79 Å². The van der Waals surface area contributed by atoms with Crippen molar-refractivity contribution in [3.63, 3.8) is 0 Å². The van der Waals surface area contributed by atoms with Crippen LogP contribution < -0.4 is 16.4 Å². The molecule has 1 amide bonds. The van der Waals surface area contributed by atoms with E-state index >= 15 is 0 Å². The highest BCUT2D eigenvalue weighted by Gasteiger charge is 2.28. The van der Waals surface area contributed by atoms with Crippen molar-refractivity contribution >= 4 is 23.1 Å². The van der Waals surface area contributed by atoms with Crippen molar-refractivity contribution in [2.45, 2.75) is 25.8 Å². The molecule has 1 aromatic heterocycles. The largest absolute Gasteiger partial charge is 0.397 e. The number of pyridine rings is 1. The van der Waals surface area contributed by atoms with Crippen LogP contribution in [0.15, 0.2) is 36.5 Å². The predicted molar refractivity (Wildman–Crippen MR) is 83.5 cm³/mol. The molecule has 0 aliphatic carbocycles. The van der Waals surface area contributed by atoms with Crippen LogP contribution in [0.2, 0.25) is 0 Å². The summed E-state index contributed by atoms with van der Waals surface area (Å²) in [7, 11) is 0. The van der Waals surface area contributed by atoms with E-state index in [4.69, 9.17) is 11.5 Å². The first-order valence-corrected chi connectivity index (χ1v) is 7.00. The number of nitrogens with two attached hydrogens (primary N) is 2. The van der Waals surface area contributed by atoms with Crippen LogP contribution in [0.1, 0.15) is 29.3 Å². The molecule has 0 bridgehead atoms. The van der Waals surface area contributed by atoms with E-state index in [1.165, 1.54) is 5.56 Å². The molecule has 5 heteroatoms. The molecule has 2 aromatic rings. The van der Waals surface area contributed by atoms with Gasteiger partial charge >= 0.3 is 0 Å². The van der Waals surface area contributed by atoms with Crippen LogP contribution in [0.25, 0.3) is 0 Å². The molecule has 0 radical (unpaired) electrons. The third kappa shape index (κ3) is 2.31. The van der Waals surface area contributed by atoms with E-state index in [1.54, 1.807) is 12.3 Å². The SMILES string of the molecule is CC1CCc2ccccc2N1c1ncc(N)cc1C(N)=O. The quantitative estimate of drug-likeness (QED) is 0.884. The van der Waals surface area contributed by atoms with Crippen LogP contribution in [0, 0.1) is 0 Å². The van der Waals surface area contributed by atoms with Crippen LogP contribution in [-0.2, 0) is 6.42 Å². The molecule has 3 rings (SSSR count). The second-order valence-electron chi connectivity index (χ2n) is 5.39. The Morgan fingerprint density at radius 2 is 2.14 bits per heavy atom. The average Bonchev–Trinajstić information content (AvgIpc) is 2.47. The molecule has 0 saturated carbocycles. The van der Waals surface area contributed by atoms with E-state index < -0.39 is 5.91 Å². The lowest BCUT2D eigenvalue weighted by Crippen LogP contribution is -2.35. The number of carbonyl (C=O) groups excluding carboxylic acids is 1. The second-order valence-corrected chi connectivity index (χ2v) is 5.39. The summed E-state index contributed by atoms with van der Waals surface area (Å²) in [6.45, 7) is 2.12. The van der Waals surface area contributed by atoms with E-state index in [0.717, 1.165) is 18.5 Å². The highest BCUT2D eigenvalue weighted by Crippen LogP contribution is 2.37. The van der Waals surface area contributed by atoms with Crippen molar-refractivity contribution in [1.82, 2.24) is 4.98 Å². The standard InChI is InChI=1S/C16H18N4O/c1-10-6-7-11-4-2-3-5-14(11)20(10)16-13(15(18)21)8-12(17)9-19-16/h2-5,8-10H,6-7,17H2,1H3,(H2,18,21). The lowest BCUT2D eigenvalue weighted by Gasteiger charge is -2.37. The molecule has 1 atom stereocenters.